The van der Waals surface area contributed by atoms with Gasteiger partial charge >= 0.3 is 0 Å². The topological polar surface area (TPSA) is 72.7 Å². The van der Waals surface area contributed by atoms with E-state index in [1.54, 1.807) is 13.4 Å². The van der Waals surface area contributed by atoms with Crippen LogP contribution in [-0.4, -0.2) is 65.3 Å². The zero-order chi connectivity index (χ0) is 26.8. The number of hydrogen-bond donors (Lipinski definition) is 0. The maximum atomic E-state index is 13.7. The Labute approximate surface area is 228 Å². The molecule has 2 fully saturated rings. The lowest BCUT2D eigenvalue weighted by Crippen LogP contribution is -2.37. The maximum absolute atomic E-state index is 13.7. The lowest BCUT2D eigenvalue weighted by molar-refractivity contribution is -0.129. The fourth-order valence-electron chi connectivity index (χ4n) is 5.43. The van der Waals surface area contributed by atoms with Crippen molar-refractivity contribution in [2.45, 2.75) is 26.3 Å². The van der Waals surface area contributed by atoms with Crippen LogP contribution in [0.2, 0.25) is 0 Å². The summed E-state index contributed by atoms with van der Waals surface area (Å²) in [5.74, 6) is 1.77. The van der Waals surface area contributed by atoms with Gasteiger partial charge in [-0.1, -0.05) is 24.3 Å². The molecule has 1 amide bonds. The maximum Gasteiger partial charge on any atom is 0.250 e. The molecular weight excluding hydrogens is 490 g/mol. The van der Waals surface area contributed by atoms with Gasteiger partial charge in [0.15, 0.2) is 0 Å². The summed E-state index contributed by atoms with van der Waals surface area (Å²) in [6, 6.07) is 16.4. The molecule has 0 atom stereocenters. The zero-order valence-electron chi connectivity index (χ0n) is 22.5. The predicted molar refractivity (Wildman–Crippen MR) is 152 cm³/mol. The standard InChI is InChI=1S/C31H33N5O3/c1-22-19-36(21-32-22)28-10-9-23(17-29(28)38-2)16-24-6-5-11-35(31(24)37)20-25-18-30(34-12-14-39-15-13-34)33-27-8-4-3-7-26(25)27/h3-4,7-10,16-19,21H,5-6,11-15,20H2,1-2H3/b24-16+. The molecule has 8 heteroatoms. The Morgan fingerprint density at radius 2 is 1.92 bits per heavy atom. The second kappa shape index (κ2) is 10.9. The number of hydrogen-bond acceptors (Lipinski definition) is 6. The van der Waals surface area contributed by atoms with Crippen LogP contribution < -0.4 is 9.64 Å². The summed E-state index contributed by atoms with van der Waals surface area (Å²) >= 11 is 0. The van der Waals surface area contributed by atoms with E-state index in [2.05, 4.69) is 22.0 Å². The fourth-order valence-corrected chi connectivity index (χ4v) is 5.43. The highest BCUT2D eigenvalue weighted by Gasteiger charge is 2.25. The van der Waals surface area contributed by atoms with Crippen LogP contribution in [0.5, 0.6) is 5.75 Å². The van der Waals surface area contributed by atoms with E-state index < -0.39 is 0 Å². The molecule has 2 saturated heterocycles. The van der Waals surface area contributed by atoms with Crippen molar-refractivity contribution in [1.82, 2.24) is 19.4 Å². The van der Waals surface area contributed by atoms with Gasteiger partial charge in [0.2, 0.25) is 5.91 Å². The fraction of sp³-hybridized carbons (Fsp3) is 0.323. The number of aromatic nitrogens is 3. The molecule has 4 aromatic rings. The average molecular weight is 524 g/mol. The van der Waals surface area contributed by atoms with Gasteiger partial charge in [0.05, 0.1) is 43.5 Å². The molecule has 6 rings (SSSR count). The van der Waals surface area contributed by atoms with Crippen LogP contribution in [0.3, 0.4) is 0 Å². The van der Waals surface area contributed by atoms with E-state index in [1.807, 2.05) is 65.1 Å². The Morgan fingerprint density at radius 1 is 1.08 bits per heavy atom. The molecular formula is C31H33N5O3. The third-order valence-corrected chi connectivity index (χ3v) is 7.46. The molecule has 0 spiro atoms. The summed E-state index contributed by atoms with van der Waals surface area (Å²) in [5, 5.41) is 1.09. The Bertz CT molecular complexity index is 1540. The number of methoxy groups -OCH3 is 1. The smallest absolute Gasteiger partial charge is 0.250 e. The highest BCUT2D eigenvalue weighted by molar-refractivity contribution is 5.99. The van der Waals surface area contributed by atoms with E-state index in [4.69, 9.17) is 14.5 Å². The number of carbonyl (C=O) groups is 1. The summed E-state index contributed by atoms with van der Waals surface area (Å²) in [5.41, 5.74) is 5.70. The van der Waals surface area contributed by atoms with Gasteiger partial charge < -0.3 is 23.8 Å². The molecule has 39 heavy (non-hydrogen) atoms. The number of likely N-dealkylation sites (tertiary alicyclic amines) is 1. The van der Waals surface area contributed by atoms with Gasteiger partial charge in [0.25, 0.3) is 0 Å². The average Bonchev–Trinajstić information content (AvgIpc) is 3.41. The molecule has 2 aromatic carbocycles. The SMILES string of the molecule is COc1cc(/C=C2\CCCN(Cc3cc(N4CCOCC4)nc4ccccc34)C2=O)ccc1-n1cnc(C)c1. The summed E-state index contributed by atoms with van der Waals surface area (Å²) in [6.07, 6.45) is 7.44. The number of pyridine rings is 1. The first-order valence-electron chi connectivity index (χ1n) is 13.5. The second-order valence-electron chi connectivity index (χ2n) is 10.1. The van der Waals surface area contributed by atoms with E-state index in [0.717, 1.165) is 83.0 Å². The van der Waals surface area contributed by atoms with Crippen molar-refractivity contribution >= 4 is 28.7 Å². The predicted octanol–water partition coefficient (Wildman–Crippen LogP) is 4.78. The molecule has 4 heterocycles. The molecule has 2 aromatic heterocycles. The third kappa shape index (κ3) is 5.25. The quantitative estimate of drug-likeness (QED) is 0.339. The van der Waals surface area contributed by atoms with Gasteiger partial charge in [-0.15, -0.1) is 0 Å². The number of morpholine rings is 1. The second-order valence-corrected chi connectivity index (χ2v) is 10.1. The number of anilines is 1. The minimum atomic E-state index is 0.0864. The Balaban J connectivity index is 1.27. The normalized spacial score (nSPS) is 17.3. The van der Waals surface area contributed by atoms with E-state index in [9.17, 15) is 4.79 Å². The van der Waals surface area contributed by atoms with Crippen LogP contribution >= 0.6 is 0 Å². The number of amides is 1. The summed E-state index contributed by atoms with van der Waals surface area (Å²) in [6.45, 7) is 6.31. The Hall–Kier alpha value is -4.17. The number of aryl methyl sites for hydroxylation is 1. The largest absolute Gasteiger partial charge is 0.495 e. The lowest BCUT2D eigenvalue weighted by Gasteiger charge is -2.31. The van der Waals surface area contributed by atoms with Gasteiger partial charge in [-0.2, -0.15) is 0 Å². The highest BCUT2D eigenvalue weighted by atomic mass is 16.5. The van der Waals surface area contributed by atoms with Crippen molar-refractivity contribution in [2.75, 3.05) is 44.9 Å². The van der Waals surface area contributed by atoms with Crippen LogP contribution in [0, 0.1) is 6.92 Å². The number of piperidine rings is 1. The molecule has 0 unspecified atom stereocenters. The van der Waals surface area contributed by atoms with E-state index in [1.165, 1.54) is 0 Å². The van der Waals surface area contributed by atoms with Crippen LogP contribution in [0.4, 0.5) is 5.82 Å². The van der Waals surface area contributed by atoms with Gasteiger partial charge in [0, 0.05) is 43.3 Å². The number of ether oxygens (including phenoxy) is 2. The number of nitrogens with zero attached hydrogens (tertiary/aromatic N) is 5. The van der Waals surface area contributed by atoms with Gasteiger partial charge in [-0.05, 0) is 61.2 Å². The number of rotatable bonds is 6. The first kappa shape index (κ1) is 25.1. The molecule has 0 bridgehead atoms. The number of fused-ring (bicyclic) bond motifs is 1. The first-order chi connectivity index (χ1) is 19.1. The van der Waals surface area contributed by atoms with E-state index >= 15 is 0 Å². The van der Waals surface area contributed by atoms with Gasteiger partial charge in [-0.3, -0.25) is 4.79 Å². The van der Waals surface area contributed by atoms with E-state index in [-0.39, 0.29) is 5.91 Å². The monoisotopic (exact) mass is 523 g/mol. The third-order valence-electron chi connectivity index (χ3n) is 7.46. The molecule has 200 valence electrons. The minimum absolute atomic E-state index is 0.0864. The molecule has 0 N–H and O–H groups in total. The van der Waals surface area contributed by atoms with Gasteiger partial charge in [-0.25, -0.2) is 9.97 Å². The van der Waals surface area contributed by atoms with Crippen molar-refractivity contribution in [3.05, 3.63) is 83.4 Å². The molecule has 2 aliphatic rings. The van der Waals surface area contributed by atoms with Crippen LogP contribution in [0.15, 0.2) is 66.6 Å². The highest BCUT2D eigenvalue weighted by Crippen LogP contribution is 2.30. The number of carbonyl (C=O) groups excluding carboxylic acids is 1. The molecule has 0 saturated carbocycles. The van der Waals surface area contributed by atoms with Gasteiger partial charge in [0.1, 0.15) is 11.6 Å². The first-order valence-corrected chi connectivity index (χ1v) is 13.5. The van der Waals surface area contributed by atoms with Crippen LogP contribution in [0.25, 0.3) is 22.7 Å². The van der Waals surface area contributed by atoms with Crippen molar-refractivity contribution in [1.29, 1.82) is 0 Å². The van der Waals surface area contributed by atoms with E-state index in [0.29, 0.717) is 19.8 Å². The molecule has 0 radical (unpaired) electrons. The lowest BCUT2D eigenvalue weighted by atomic mass is 9.99. The van der Waals surface area contributed by atoms with Crippen LogP contribution in [-0.2, 0) is 16.1 Å². The molecule has 8 nitrogen and oxygen atoms in total. The van der Waals surface area contributed by atoms with Crippen molar-refractivity contribution in [2.24, 2.45) is 0 Å². The van der Waals surface area contributed by atoms with Crippen molar-refractivity contribution in [3.8, 4) is 11.4 Å². The summed E-state index contributed by atoms with van der Waals surface area (Å²) < 4.78 is 13.2. The van der Waals surface area contributed by atoms with Crippen molar-refractivity contribution < 1.29 is 14.3 Å². The Kier molecular flexibility index (Phi) is 7.02. The molecule has 0 aliphatic carbocycles. The number of imidazole rings is 1. The van der Waals surface area contributed by atoms with Crippen LogP contribution in [0.1, 0.15) is 29.7 Å². The molecule has 2 aliphatic heterocycles. The number of benzene rings is 2. The number of para-hydroxylation sites is 1. The summed E-state index contributed by atoms with van der Waals surface area (Å²) in [7, 11) is 1.66. The minimum Gasteiger partial charge on any atom is -0.495 e. The Morgan fingerprint density at radius 3 is 2.72 bits per heavy atom. The van der Waals surface area contributed by atoms with Crippen molar-refractivity contribution in [3.63, 3.8) is 0 Å². The summed E-state index contributed by atoms with van der Waals surface area (Å²) in [4.78, 5) is 27.2. The zero-order valence-corrected chi connectivity index (χ0v) is 22.5.